The first kappa shape index (κ1) is 21.4. The molecule has 1 aliphatic rings. The van der Waals surface area contributed by atoms with E-state index >= 15 is 0 Å². The Kier molecular flexibility index (Phi) is 6.33. The van der Waals surface area contributed by atoms with Gasteiger partial charge in [-0.2, -0.15) is 0 Å². The van der Waals surface area contributed by atoms with E-state index in [2.05, 4.69) is 27.9 Å². The summed E-state index contributed by atoms with van der Waals surface area (Å²) < 4.78 is 39.7. The van der Waals surface area contributed by atoms with Crippen LogP contribution in [0, 0.1) is 3.57 Å². The molecule has 3 aromatic carbocycles. The zero-order chi connectivity index (χ0) is 21.8. The average Bonchev–Trinajstić information content (AvgIpc) is 2.78. The second-order valence-electron chi connectivity index (χ2n) is 6.71. The molecular formula is C22H19IN2O5S. The van der Waals surface area contributed by atoms with E-state index in [4.69, 9.17) is 9.47 Å². The standard InChI is InChI=1S/C22H19IN2O5S/c23-16-6-9-18(10-7-16)25(31(27,28)19-4-2-1-3-5-19)15-22(26)24-17-8-11-20-21(14-17)30-13-12-29-20/h1-11,14H,12-13,15H2,(H,24,26). The van der Waals surface area contributed by atoms with Crippen molar-refractivity contribution in [3.05, 3.63) is 76.4 Å². The third-order valence-electron chi connectivity index (χ3n) is 4.56. The number of carbonyl (C=O) groups excluding carboxylic acids is 1. The van der Waals surface area contributed by atoms with Crippen molar-refractivity contribution in [2.75, 3.05) is 29.4 Å². The van der Waals surface area contributed by atoms with Gasteiger partial charge in [-0.25, -0.2) is 8.42 Å². The van der Waals surface area contributed by atoms with Crippen LogP contribution >= 0.6 is 22.6 Å². The van der Waals surface area contributed by atoms with E-state index in [1.807, 2.05) is 0 Å². The van der Waals surface area contributed by atoms with Gasteiger partial charge >= 0.3 is 0 Å². The lowest BCUT2D eigenvalue weighted by atomic mass is 10.2. The average molecular weight is 550 g/mol. The highest BCUT2D eigenvalue weighted by molar-refractivity contribution is 14.1. The van der Waals surface area contributed by atoms with E-state index in [0.29, 0.717) is 36.1 Å². The Labute approximate surface area is 194 Å². The van der Waals surface area contributed by atoms with Crippen LogP contribution in [0.5, 0.6) is 11.5 Å². The van der Waals surface area contributed by atoms with Crippen LogP contribution in [0.15, 0.2) is 77.7 Å². The molecule has 1 aliphatic heterocycles. The number of hydrogen-bond acceptors (Lipinski definition) is 5. The molecule has 0 saturated heterocycles. The number of anilines is 2. The van der Waals surface area contributed by atoms with Gasteiger partial charge in [0.15, 0.2) is 11.5 Å². The van der Waals surface area contributed by atoms with Crippen molar-refractivity contribution in [2.24, 2.45) is 0 Å². The van der Waals surface area contributed by atoms with Crippen LogP contribution in [0.25, 0.3) is 0 Å². The van der Waals surface area contributed by atoms with Crippen LogP contribution in [0.2, 0.25) is 0 Å². The first-order valence-electron chi connectivity index (χ1n) is 9.46. The van der Waals surface area contributed by atoms with E-state index in [1.54, 1.807) is 60.7 Å². The number of rotatable bonds is 6. The number of halogens is 1. The normalized spacial score (nSPS) is 12.8. The van der Waals surface area contributed by atoms with Gasteiger partial charge in [0.05, 0.1) is 10.6 Å². The molecule has 4 rings (SSSR count). The molecular weight excluding hydrogens is 531 g/mol. The van der Waals surface area contributed by atoms with E-state index in [9.17, 15) is 13.2 Å². The molecule has 31 heavy (non-hydrogen) atoms. The second kappa shape index (κ2) is 9.15. The lowest BCUT2D eigenvalue weighted by molar-refractivity contribution is -0.114. The molecule has 0 fully saturated rings. The number of sulfonamides is 1. The molecule has 1 heterocycles. The van der Waals surface area contributed by atoms with Gasteiger partial charge in [-0.1, -0.05) is 18.2 Å². The summed E-state index contributed by atoms with van der Waals surface area (Å²) in [4.78, 5) is 12.9. The maximum absolute atomic E-state index is 13.3. The predicted octanol–water partition coefficient (Wildman–Crippen LogP) is 3.90. The van der Waals surface area contributed by atoms with Crippen molar-refractivity contribution in [2.45, 2.75) is 4.90 Å². The van der Waals surface area contributed by atoms with Gasteiger partial charge in [0.2, 0.25) is 5.91 Å². The molecule has 0 spiro atoms. The third kappa shape index (κ3) is 4.93. The Morgan fingerprint density at radius 3 is 2.32 bits per heavy atom. The van der Waals surface area contributed by atoms with E-state index < -0.39 is 15.9 Å². The van der Waals surface area contributed by atoms with Crippen molar-refractivity contribution in [1.29, 1.82) is 0 Å². The van der Waals surface area contributed by atoms with Gasteiger partial charge in [0.1, 0.15) is 19.8 Å². The fourth-order valence-corrected chi connectivity index (χ4v) is 4.90. The summed E-state index contributed by atoms with van der Waals surface area (Å²) in [6.45, 7) is 0.521. The lowest BCUT2D eigenvalue weighted by Crippen LogP contribution is -2.38. The van der Waals surface area contributed by atoms with E-state index in [0.717, 1.165) is 7.88 Å². The second-order valence-corrected chi connectivity index (χ2v) is 9.82. The van der Waals surface area contributed by atoms with Gasteiger partial charge in [-0.05, 0) is 71.1 Å². The maximum atomic E-state index is 13.3. The molecule has 0 atom stereocenters. The van der Waals surface area contributed by atoms with Gasteiger partial charge in [-0.3, -0.25) is 9.10 Å². The molecule has 0 aromatic heterocycles. The first-order valence-corrected chi connectivity index (χ1v) is 12.0. The summed E-state index contributed by atoms with van der Waals surface area (Å²) in [6, 6.07) is 20.1. The Hall–Kier alpha value is -2.79. The first-order chi connectivity index (χ1) is 14.9. The van der Waals surface area contributed by atoms with Crippen LogP contribution in [-0.4, -0.2) is 34.1 Å². The van der Waals surface area contributed by atoms with Crippen molar-refractivity contribution < 1.29 is 22.7 Å². The Morgan fingerprint density at radius 2 is 1.61 bits per heavy atom. The number of nitrogens with one attached hydrogen (secondary N) is 1. The molecule has 0 radical (unpaired) electrons. The zero-order valence-electron chi connectivity index (χ0n) is 16.3. The molecule has 0 bridgehead atoms. The van der Waals surface area contributed by atoms with Crippen molar-refractivity contribution in [3.63, 3.8) is 0 Å². The molecule has 3 aromatic rings. The SMILES string of the molecule is O=C(CN(c1ccc(I)cc1)S(=O)(=O)c1ccccc1)Nc1ccc2c(c1)OCCO2. The molecule has 0 aliphatic carbocycles. The number of hydrogen-bond donors (Lipinski definition) is 1. The molecule has 0 saturated carbocycles. The monoisotopic (exact) mass is 550 g/mol. The number of nitrogens with zero attached hydrogens (tertiary/aromatic N) is 1. The minimum Gasteiger partial charge on any atom is -0.486 e. The Balaban J connectivity index is 1.60. The number of amides is 1. The topological polar surface area (TPSA) is 84.9 Å². The minimum atomic E-state index is -3.94. The lowest BCUT2D eigenvalue weighted by Gasteiger charge is -2.24. The van der Waals surface area contributed by atoms with Crippen LogP contribution in [-0.2, 0) is 14.8 Å². The molecule has 160 valence electrons. The Morgan fingerprint density at radius 1 is 0.935 bits per heavy atom. The van der Waals surface area contributed by atoms with E-state index in [1.165, 1.54) is 12.1 Å². The van der Waals surface area contributed by atoms with Crippen molar-refractivity contribution >= 4 is 49.9 Å². The molecule has 1 amide bonds. The van der Waals surface area contributed by atoms with E-state index in [-0.39, 0.29) is 11.4 Å². The van der Waals surface area contributed by atoms with Crippen LogP contribution < -0.4 is 19.1 Å². The summed E-state index contributed by atoms with van der Waals surface area (Å²) in [7, 11) is -3.94. The van der Waals surface area contributed by atoms with Gasteiger partial charge in [0.25, 0.3) is 10.0 Å². The largest absolute Gasteiger partial charge is 0.486 e. The van der Waals surface area contributed by atoms with Crippen molar-refractivity contribution in [3.8, 4) is 11.5 Å². The maximum Gasteiger partial charge on any atom is 0.264 e. The summed E-state index contributed by atoms with van der Waals surface area (Å²) in [5.41, 5.74) is 0.899. The number of benzene rings is 3. The zero-order valence-corrected chi connectivity index (χ0v) is 19.3. The number of fused-ring (bicyclic) bond motifs is 1. The molecule has 9 heteroatoms. The van der Waals surface area contributed by atoms with Crippen LogP contribution in [0.1, 0.15) is 0 Å². The summed E-state index contributed by atoms with van der Waals surface area (Å²) in [5, 5.41) is 2.75. The highest BCUT2D eigenvalue weighted by Crippen LogP contribution is 2.32. The molecule has 0 unspecified atom stereocenters. The smallest absolute Gasteiger partial charge is 0.264 e. The number of ether oxygens (including phenoxy) is 2. The summed E-state index contributed by atoms with van der Waals surface area (Å²) in [5.74, 6) is 0.668. The quantitative estimate of drug-likeness (QED) is 0.471. The van der Waals surface area contributed by atoms with Crippen molar-refractivity contribution in [1.82, 2.24) is 0 Å². The van der Waals surface area contributed by atoms with Gasteiger partial charge in [-0.15, -0.1) is 0 Å². The summed E-state index contributed by atoms with van der Waals surface area (Å²) >= 11 is 2.14. The highest BCUT2D eigenvalue weighted by atomic mass is 127. The Bertz CT molecular complexity index is 1180. The van der Waals surface area contributed by atoms with Crippen LogP contribution in [0.3, 0.4) is 0 Å². The third-order valence-corrected chi connectivity index (χ3v) is 7.07. The minimum absolute atomic E-state index is 0.112. The van der Waals surface area contributed by atoms with Gasteiger partial charge < -0.3 is 14.8 Å². The highest BCUT2D eigenvalue weighted by Gasteiger charge is 2.27. The summed E-state index contributed by atoms with van der Waals surface area (Å²) in [6.07, 6.45) is 0. The molecule has 1 N–H and O–H groups in total. The molecule has 7 nitrogen and oxygen atoms in total. The predicted molar refractivity (Wildman–Crippen MR) is 126 cm³/mol. The fraction of sp³-hybridized carbons (Fsp3) is 0.136. The number of carbonyl (C=O) groups is 1. The van der Waals surface area contributed by atoms with Crippen LogP contribution in [0.4, 0.5) is 11.4 Å². The fourth-order valence-electron chi connectivity index (χ4n) is 3.09. The van der Waals surface area contributed by atoms with Gasteiger partial charge in [0, 0.05) is 15.3 Å².